The molecule has 2 unspecified atom stereocenters. The molecule has 11 heteroatoms. The minimum atomic E-state index is -0.835. The van der Waals surface area contributed by atoms with E-state index in [1.54, 1.807) is 24.5 Å². The number of likely N-dealkylation sites (tertiary alicyclic amines) is 2. The van der Waals surface area contributed by atoms with Gasteiger partial charge in [-0.3, -0.25) is 24.3 Å². The number of hydrogen-bond acceptors (Lipinski definition) is 9. The highest BCUT2D eigenvalue weighted by atomic mass is 16.5. The standard InChI is InChI=1S/C50H53N5O6/c56-44-16-14-42(43-15-17-46(58)53-48(43)44)45(57)31-51-28-34-20-24-55(25-21-34)49(59)41-27-40(29-52-30-41)38-12-7-13-39(26-38)47(37-10-5-2-6-11-37)50(60)61-33-36-18-22-54(23-19-36)32-35-8-3-1-4-9-35/h1-17,26-27,29-30,34,36,45,47,51,56-57H,18-25,28,31-33H2,(H,53,58). The molecule has 2 aliphatic rings. The summed E-state index contributed by atoms with van der Waals surface area (Å²) in [5.41, 5.74) is 5.77. The largest absolute Gasteiger partial charge is 0.506 e. The number of aliphatic hydroxyl groups is 1. The lowest BCUT2D eigenvalue weighted by Gasteiger charge is -2.32. The van der Waals surface area contributed by atoms with Crippen molar-refractivity contribution < 1.29 is 24.5 Å². The molecule has 2 saturated heterocycles. The summed E-state index contributed by atoms with van der Waals surface area (Å²) in [5.74, 6) is -0.328. The van der Waals surface area contributed by atoms with Crippen LogP contribution in [-0.2, 0) is 16.1 Å². The van der Waals surface area contributed by atoms with E-state index in [1.807, 2.05) is 71.6 Å². The Morgan fingerprint density at radius 2 is 1.51 bits per heavy atom. The smallest absolute Gasteiger partial charge is 0.317 e. The molecule has 0 radical (unpaired) electrons. The third kappa shape index (κ3) is 10.3. The molecule has 6 aromatic rings. The summed E-state index contributed by atoms with van der Waals surface area (Å²) in [7, 11) is 0. The molecule has 0 spiro atoms. The van der Waals surface area contributed by atoms with Gasteiger partial charge >= 0.3 is 5.97 Å². The predicted octanol–water partition coefficient (Wildman–Crippen LogP) is 7.06. The van der Waals surface area contributed by atoms with E-state index in [1.165, 1.54) is 17.7 Å². The number of rotatable bonds is 14. The number of aromatic amines is 1. The minimum absolute atomic E-state index is 0.0437. The van der Waals surface area contributed by atoms with Gasteiger partial charge in [-0.1, -0.05) is 84.9 Å². The van der Waals surface area contributed by atoms with Crippen molar-refractivity contribution in [3.05, 3.63) is 166 Å². The van der Waals surface area contributed by atoms with Crippen molar-refractivity contribution in [2.75, 3.05) is 45.9 Å². The van der Waals surface area contributed by atoms with Gasteiger partial charge in [-0.05, 0) is 109 Å². The van der Waals surface area contributed by atoms with Gasteiger partial charge in [-0.15, -0.1) is 0 Å². The zero-order valence-electron chi connectivity index (χ0n) is 34.3. The van der Waals surface area contributed by atoms with Gasteiger partial charge in [0.15, 0.2) is 0 Å². The summed E-state index contributed by atoms with van der Waals surface area (Å²) in [6.45, 7) is 5.50. The first-order valence-electron chi connectivity index (χ1n) is 21.4. The number of hydrogen-bond donors (Lipinski definition) is 4. The van der Waals surface area contributed by atoms with Crippen LogP contribution in [0.5, 0.6) is 5.75 Å². The van der Waals surface area contributed by atoms with E-state index in [0.717, 1.165) is 67.6 Å². The van der Waals surface area contributed by atoms with E-state index >= 15 is 0 Å². The van der Waals surface area contributed by atoms with Gasteiger partial charge in [0.25, 0.3) is 5.91 Å². The second-order valence-electron chi connectivity index (χ2n) is 16.5. The van der Waals surface area contributed by atoms with Crippen molar-refractivity contribution in [1.82, 2.24) is 25.1 Å². The van der Waals surface area contributed by atoms with Gasteiger partial charge in [0.1, 0.15) is 11.7 Å². The van der Waals surface area contributed by atoms with Crippen LogP contribution in [0.25, 0.3) is 22.0 Å². The number of carbonyl (C=O) groups is 2. The summed E-state index contributed by atoms with van der Waals surface area (Å²) in [6.07, 6.45) is 6.14. The van der Waals surface area contributed by atoms with Crippen molar-refractivity contribution in [2.24, 2.45) is 11.8 Å². The Morgan fingerprint density at radius 1 is 0.787 bits per heavy atom. The van der Waals surface area contributed by atoms with E-state index in [2.05, 4.69) is 44.5 Å². The molecule has 4 N–H and O–H groups in total. The second kappa shape index (κ2) is 19.5. The molecular weight excluding hydrogens is 767 g/mol. The maximum absolute atomic E-state index is 14.0. The van der Waals surface area contributed by atoms with E-state index in [0.29, 0.717) is 66.7 Å². The fourth-order valence-electron chi connectivity index (χ4n) is 8.77. The average molecular weight is 820 g/mol. The SMILES string of the molecule is O=C(OCC1CCN(Cc2ccccc2)CC1)C(c1ccccc1)c1cccc(-c2cncc(C(=O)N3CCC(CNCC(O)c4ccc(O)c5[nH]c(=O)ccc45)CC3)c2)c1. The number of amides is 1. The van der Waals surface area contributed by atoms with Crippen LogP contribution in [0, 0.1) is 11.8 Å². The Labute approximate surface area is 356 Å². The Hall–Kier alpha value is -6.14. The van der Waals surface area contributed by atoms with Crippen LogP contribution >= 0.6 is 0 Å². The zero-order valence-corrected chi connectivity index (χ0v) is 34.3. The maximum Gasteiger partial charge on any atom is 0.317 e. The fourth-order valence-corrected chi connectivity index (χ4v) is 8.77. The molecule has 2 aromatic heterocycles. The zero-order chi connectivity index (χ0) is 42.1. The van der Waals surface area contributed by atoms with Crippen molar-refractivity contribution >= 4 is 22.8 Å². The van der Waals surface area contributed by atoms with Crippen LogP contribution < -0.4 is 10.9 Å². The molecule has 314 valence electrons. The summed E-state index contributed by atoms with van der Waals surface area (Å²) >= 11 is 0. The number of fused-ring (bicyclic) bond motifs is 1. The number of H-pyrrole nitrogens is 1. The van der Waals surface area contributed by atoms with Crippen molar-refractivity contribution in [2.45, 2.75) is 44.2 Å². The molecule has 0 aliphatic carbocycles. The highest BCUT2D eigenvalue weighted by Gasteiger charge is 2.28. The first-order chi connectivity index (χ1) is 29.8. The molecular formula is C50H53N5O6. The lowest BCUT2D eigenvalue weighted by Crippen LogP contribution is -2.41. The van der Waals surface area contributed by atoms with Crippen molar-refractivity contribution in [3.63, 3.8) is 0 Å². The third-order valence-electron chi connectivity index (χ3n) is 12.3. The van der Waals surface area contributed by atoms with Gasteiger partial charge in [0.2, 0.25) is 5.56 Å². The predicted molar refractivity (Wildman–Crippen MR) is 236 cm³/mol. The van der Waals surface area contributed by atoms with E-state index < -0.39 is 12.0 Å². The number of pyridine rings is 2. The minimum Gasteiger partial charge on any atom is -0.506 e. The normalized spacial score (nSPS) is 16.3. The molecule has 61 heavy (non-hydrogen) atoms. The van der Waals surface area contributed by atoms with Gasteiger partial charge in [-0.2, -0.15) is 0 Å². The Bertz CT molecular complexity index is 2480. The number of piperidine rings is 2. The number of nitrogens with zero attached hydrogens (tertiary/aromatic N) is 3. The number of ether oxygens (including phenoxy) is 1. The van der Waals surface area contributed by atoms with Gasteiger partial charge in [0.05, 0.1) is 23.8 Å². The third-order valence-corrected chi connectivity index (χ3v) is 12.3. The highest BCUT2D eigenvalue weighted by molar-refractivity contribution is 5.95. The molecule has 8 rings (SSSR count). The van der Waals surface area contributed by atoms with Crippen LogP contribution in [0.3, 0.4) is 0 Å². The number of phenols is 1. The van der Waals surface area contributed by atoms with E-state index in [9.17, 15) is 24.6 Å². The van der Waals surface area contributed by atoms with Crippen LogP contribution in [-0.4, -0.2) is 87.7 Å². The lowest BCUT2D eigenvalue weighted by atomic mass is 9.89. The van der Waals surface area contributed by atoms with E-state index in [-0.39, 0.29) is 23.2 Å². The molecule has 1 amide bonds. The van der Waals surface area contributed by atoms with Crippen LogP contribution in [0.15, 0.2) is 132 Å². The number of nitrogens with one attached hydrogen (secondary N) is 2. The molecule has 2 aliphatic heterocycles. The summed E-state index contributed by atoms with van der Waals surface area (Å²) in [5, 5.41) is 25.1. The Kier molecular flexibility index (Phi) is 13.3. The second-order valence-corrected chi connectivity index (χ2v) is 16.5. The van der Waals surface area contributed by atoms with Crippen molar-refractivity contribution in [1.29, 1.82) is 0 Å². The number of esters is 1. The molecule has 4 heterocycles. The summed E-state index contributed by atoms with van der Waals surface area (Å²) in [6, 6.07) is 36.2. The molecule has 0 bridgehead atoms. The van der Waals surface area contributed by atoms with E-state index in [4.69, 9.17) is 4.74 Å². The Balaban J connectivity index is 0.858. The number of aromatic hydroxyl groups is 1. The summed E-state index contributed by atoms with van der Waals surface area (Å²) in [4.78, 5) is 51.0. The van der Waals surface area contributed by atoms with Gasteiger partial charge in [-0.25, -0.2) is 0 Å². The van der Waals surface area contributed by atoms with Crippen molar-refractivity contribution in [3.8, 4) is 16.9 Å². The molecule has 2 fully saturated rings. The number of benzene rings is 4. The number of aromatic nitrogens is 2. The number of phenolic OH excluding ortho intramolecular Hbond substituents is 1. The lowest BCUT2D eigenvalue weighted by molar-refractivity contribution is -0.146. The van der Waals surface area contributed by atoms with Gasteiger partial charge in [0, 0.05) is 55.6 Å². The highest BCUT2D eigenvalue weighted by Crippen LogP contribution is 2.32. The average Bonchev–Trinajstić information content (AvgIpc) is 3.30. The number of carbonyl (C=O) groups excluding carboxylic acids is 2. The number of aliphatic hydroxyl groups excluding tert-OH is 1. The van der Waals surface area contributed by atoms with Crippen LogP contribution in [0.1, 0.15) is 70.3 Å². The quantitative estimate of drug-likeness (QED) is 0.0849. The monoisotopic (exact) mass is 819 g/mol. The first-order valence-corrected chi connectivity index (χ1v) is 21.4. The topological polar surface area (TPSA) is 148 Å². The summed E-state index contributed by atoms with van der Waals surface area (Å²) < 4.78 is 6.10. The molecule has 2 atom stereocenters. The first kappa shape index (κ1) is 41.6. The molecule has 0 saturated carbocycles. The van der Waals surface area contributed by atoms with Crippen LogP contribution in [0.2, 0.25) is 0 Å². The molecule has 4 aromatic carbocycles. The maximum atomic E-state index is 14.0. The Morgan fingerprint density at radius 3 is 2.28 bits per heavy atom. The fraction of sp³-hybridized carbons (Fsp3) is 0.320. The van der Waals surface area contributed by atoms with Crippen LogP contribution in [0.4, 0.5) is 0 Å². The van der Waals surface area contributed by atoms with Gasteiger partial charge < -0.3 is 30.2 Å². The molecule has 11 nitrogen and oxygen atoms in total.